The molecule has 1 aliphatic heterocycles. The van der Waals surface area contributed by atoms with Gasteiger partial charge in [-0.2, -0.15) is 4.98 Å². The van der Waals surface area contributed by atoms with Gasteiger partial charge in [-0.3, -0.25) is 9.59 Å². The van der Waals surface area contributed by atoms with Crippen molar-refractivity contribution < 1.29 is 14.1 Å². The lowest BCUT2D eigenvalue weighted by molar-refractivity contribution is 0.0835. The second-order valence-corrected chi connectivity index (χ2v) is 5.92. The molecule has 0 aromatic carbocycles. The SMILES string of the molecule is Cc1cc(C(=O)NCc2noc([C@@H]3CCCO3)n2)c(=O)n(C)c1C. The number of aryl methyl sites for hydroxylation is 1. The van der Waals surface area contributed by atoms with Gasteiger partial charge in [0.05, 0.1) is 6.54 Å². The molecule has 0 spiro atoms. The molecular weight excluding hydrogens is 312 g/mol. The molecule has 1 aliphatic rings. The third-order valence-corrected chi connectivity index (χ3v) is 4.31. The van der Waals surface area contributed by atoms with E-state index in [2.05, 4.69) is 15.5 Å². The van der Waals surface area contributed by atoms with Gasteiger partial charge < -0.3 is 19.1 Å². The van der Waals surface area contributed by atoms with Crippen LogP contribution >= 0.6 is 0 Å². The van der Waals surface area contributed by atoms with Crippen LogP contribution in [0, 0.1) is 13.8 Å². The van der Waals surface area contributed by atoms with Crippen LogP contribution in [0.25, 0.3) is 0 Å². The average Bonchev–Trinajstić information content (AvgIpc) is 3.24. The van der Waals surface area contributed by atoms with E-state index >= 15 is 0 Å². The Labute approximate surface area is 138 Å². The molecule has 24 heavy (non-hydrogen) atoms. The van der Waals surface area contributed by atoms with E-state index < -0.39 is 5.91 Å². The molecule has 3 rings (SSSR count). The Morgan fingerprint density at radius 1 is 1.46 bits per heavy atom. The molecule has 0 bridgehead atoms. The predicted molar refractivity (Wildman–Crippen MR) is 84.6 cm³/mol. The zero-order valence-electron chi connectivity index (χ0n) is 14.0. The van der Waals surface area contributed by atoms with Gasteiger partial charge in [-0.15, -0.1) is 0 Å². The van der Waals surface area contributed by atoms with Crippen molar-refractivity contribution in [3.8, 4) is 0 Å². The Morgan fingerprint density at radius 2 is 2.25 bits per heavy atom. The summed E-state index contributed by atoms with van der Waals surface area (Å²) < 4.78 is 12.1. The van der Waals surface area contributed by atoms with Gasteiger partial charge in [0.15, 0.2) is 5.82 Å². The molecule has 2 aromatic rings. The van der Waals surface area contributed by atoms with Crippen molar-refractivity contribution in [3.05, 3.63) is 45.0 Å². The highest BCUT2D eigenvalue weighted by molar-refractivity contribution is 5.93. The van der Waals surface area contributed by atoms with Crippen LogP contribution in [0.5, 0.6) is 0 Å². The average molecular weight is 332 g/mol. The summed E-state index contributed by atoms with van der Waals surface area (Å²) in [6, 6.07) is 1.60. The summed E-state index contributed by atoms with van der Waals surface area (Å²) in [4.78, 5) is 28.7. The standard InChI is InChI=1S/C16H20N4O4/c1-9-7-11(16(22)20(3)10(9)2)14(21)17-8-13-18-15(24-19-13)12-5-4-6-23-12/h7,12H,4-6,8H2,1-3H3,(H,17,21)/t12-/m0/s1. The van der Waals surface area contributed by atoms with Crippen molar-refractivity contribution in [2.24, 2.45) is 7.05 Å². The number of nitrogens with zero attached hydrogens (tertiary/aromatic N) is 3. The first kappa shape index (κ1) is 16.4. The molecule has 0 saturated carbocycles. The van der Waals surface area contributed by atoms with Gasteiger partial charge in [0.25, 0.3) is 17.4 Å². The monoisotopic (exact) mass is 332 g/mol. The molecule has 2 aromatic heterocycles. The van der Waals surface area contributed by atoms with Gasteiger partial charge in [-0.25, -0.2) is 0 Å². The number of carbonyl (C=O) groups excluding carboxylic acids is 1. The first-order valence-corrected chi connectivity index (χ1v) is 7.87. The second kappa shape index (κ2) is 6.56. The Bertz CT molecular complexity index is 818. The largest absolute Gasteiger partial charge is 0.368 e. The molecule has 128 valence electrons. The second-order valence-electron chi connectivity index (χ2n) is 5.92. The fraction of sp³-hybridized carbons (Fsp3) is 0.500. The Morgan fingerprint density at radius 3 is 2.96 bits per heavy atom. The summed E-state index contributed by atoms with van der Waals surface area (Å²) in [6.07, 6.45) is 1.66. The molecule has 1 saturated heterocycles. The summed E-state index contributed by atoms with van der Waals surface area (Å²) in [6.45, 7) is 4.48. The molecule has 0 unspecified atom stereocenters. The topological polar surface area (TPSA) is 99.2 Å². The lowest BCUT2D eigenvalue weighted by atomic mass is 10.1. The number of aromatic nitrogens is 3. The summed E-state index contributed by atoms with van der Waals surface area (Å²) >= 11 is 0. The minimum Gasteiger partial charge on any atom is -0.368 e. The third kappa shape index (κ3) is 3.09. The third-order valence-electron chi connectivity index (χ3n) is 4.31. The first-order chi connectivity index (χ1) is 11.5. The zero-order chi connectivity index (χ0) is 17.3. The number of hydrogen-bond acceptors (Lipinski definition) is 6. The lowest BCUT2D eigenvalue weighted by Crippen LogP contribution is -2.33. The van der Waals surface area contributed by atoms with Crippen molar-refractivity contribution in [2.45, 2.75) is 39.3 Å². The van der Waals surface area contributed by atoms with E-state index in [-0.39, 0.29) is 23.8 Å². The van der Waals surface area contributed by atoms with E-state index in [0.717, 1.165) is 24.1 Å². The van der Waals surface area contributed by atoms with Crippen molar-refractivity contribution >= 4 is 5.91 Å². The van der Waals surface area contributed by atoms with Gasteiger partial charge in [0.1, 0.15) is 11.7 Å². The van der Waals surface area contributed by atoms with E-state index in [0.29, 0.717) is 18.3 Å². The van der Waals surface area contributed by atoms with Gasteiger partial charge in [-0.05, 0) is 38.3 Å². The van der Waals surface area contributed by atoms with Crippen molar-refractivity contribution in [3.63, 3.8) is 0 Å². The van der Waals surface area contributed by atoms with Gasteiger partial charge in [-0.1, -0.05) is 5.16 Å². The fourth-order valence-electron chi connectivity index (χ4n) is 2.64. The Balaban J connectivity index is 1.69. The van der Waals surface area contributed by atoms with E-state index in [9.17, 15) is 9.59 Å². The molecule has 8 heteroatoms. The minimum atomic E-state index is -0.456. The van der Waals surface area contributed by atoms with E-state index in [4.69, 9.17) is 9.26 Å². The number of carbonyl (C=O) groups is 1. The highest BCUT2D eigenvalue weighted by atomic mass is 16.5. The molecule has 0 radical (unpaired) electrons. The molecule has 1 atom stereocenters. The zero-order valence-corrected chi connectivity index (χ0v) is 14.0. The molecule has 8 nitrogen and oxygen atoms in total. The molecule has 1 fully saturated rings. The summed E-state index contributed by atoms with van der Waals surface area (Å²) in [5.41, 5.74) is 1.48. The summed E-state index contributed by atoms with van der Waals surface area (Å²) in [7, 11) is 1.65. The van der Waals surface area contributed by atoms with E-state index in [1.165, 1.54) is 4.57 Å². The Hall–Kier alpha value is -2.48. The van der Waals surface area contributed by atoms with Crippen LogP contribution in [-0.2, 0) is 18.3 Å². The molecule has 0 aliphatic carbocycles. The number of ether oxygens (including phenoxy) is 1. The van der Waals surface area contributed by atoms with E-state index in [1.54, 1.807) is 13.1 Å². The van der Waals surface area contributed by atoms with Crippen LogP contribution in [0.4, 0.5) is 0 Å². The minimum absolute atomic E-state index is 0.0884. The molecule has 1 amide bonds. The van der Waals surface area contributed by atoms with Gasteiger partial charge in [0.2, 0.25) is 0 Å². The predicted octanol–water partition coefficient (Wildman–Crippen LogP) is 1.17. The van der Waals surface area contributed by atoms with Crippen molar-refractivity contribution in [2.75, 3.05) is 6.61 Å². The summed E-state index contributed by atoms with van der Waals surface area (Å²) in [5, 5.41) is 6.49. The quantitative estimate of drug-likeness (QED) is 0.902. The van der Waals surface area contributed by atoms with Crippen LogP contribution in [0.2, 0.25) is 0 Å². The number of pyridine rings is 1. The summed E-state index contributed by atoms with van der Waals surface area (Å²) in [5.74, 6) is 0.329. The Kier molecular flexibility index (Phi) is 4.48. The first-order valence-electron chi connectivity index (χ1n) is 7.87. The number of rotatable bonds is 4. The van der Waals surface area contributed by atoms with Crippen LogP contribution < -0.4 is 10.9 Å². The van der Waals surface area contributed by atoms with Crippen LogP contribution in [0.15, 0.2) is 15.4 Å². The normalized spacial score (nSPS) is 17.2. The molecule has 3 heterocycles. The van der Waals surface area contributed by atoms with Crippen LogP contribution in [0.3, 0.4) is 0 Å². The number of amides is 1. The van der Waals surface area contributed by atoms with Crippen LogP contribution in [0.1, 0.15) is 52.3 Å². The van der Waals surface area contributed by atoms with Gasteiger partial charge >= 0.3 is 0 Å². The lowest BCUT2D eigenvalue weighted by Gasteiger charge is -2.10. The maximum Gasteiger partial charge on any atom is 0.263 e. The number of nitrogens with one attached hydrogen (secondary N) is 1. The molecule has 1 N–H and O–H groups in total. The number of hydrogen-bond donors (Lipinski definition) is 1. The van der Waals surface area contributed by atoms with Crippen molar-refractivity contribution in [1.29, 1.82) is 0 Å². The molecular formula is C16H20N4O4. The maximum atomic E-state index is 12.3. The maximum absolute atomic E-state index is 12.3. The fourth-order valence-corrected chi connectivity index (χ4v) is 2.64. The van der Waals surface area contributed by atoms with Crippen molar-refractivity contribution in [1.82, 2.24) is 20.0 Å². The van der Waals surface area contributed by atoms with Gasteiger partial charge in [0, 0.05) is 19.3 Å². The highest BCUT2D eigenvalue weighted by Gasteiger charge is 2.24. The smallest absolute Gasteiger partial charge is 0.263 e. The van der Waals surface area contributed by atoms with E-state index in [1.807, 2.05) is 13.8 Å². The van der Waals surface area contributed by atoms with Crippen LogP contribution in [-0.4, -0.2) is 27.2 Å². The highest BCUT2D eigenvalue weighted by Crippen LogP contribution is 2.26.